The lowest BCUT2D eigenvalue weighted by Crippen LogP contribution is -2.31. The summed E-state index contributed by atoms with van der Waals surface area (Å²) >= 11 is 0. The van der Waals surface area contributed by atoms with Gasteiger partial charge in [-0.3, -0.25) is 24.5 Å². The predicted octanol–water partition coefficient (Wildman–Crippen LogP) is 2.95. The fourth-order valence-corrected chi connectivity index (χ4v) is 3.71. The minimum atomic E-state index is -1.02. The number of Topliss-reactive ketones (excluding diaryl/α,β-unsaturated/α-hetero) is 1. The number of anilines is 1. The summed E-state index contributed by atoms with van der Waals surface area (Å²) < 4.78 is 0. The molecule has 1 heterocycles. The number of likely N-dealkylation sites (tertiary alicyclic amines) is 1. The van der Waals surface area contributed by atoms with Crippen LogP contribution in [0.3, 0.4) is 0 Å². The Hall–Kier alpha value is -4.21. The van der Waals surface area contributed by atoms with Crippen LogP contribution in [0.5, 0.6) is 0 Å². The van der Waals surface area contributed by atoms with Crippen LogP contribution in [0, 0.1) is 10.1 Å². The van der Waals surface area contributed by atoms with Gasteiger partial charge in [0, 0.05) is 50.4 Å². The van der Waals surface area contributed by atoms with E-state index in [2.05, 4.69) is 0 Å². The molecule has 0 saturated carbocycles. The van der Waals surface area contributed by atoms with Crippen LogP contribution in [-0.2, 0) is 14.4 Å². The maximum Gasteiger partial charge on any atom is 0.303 e. The monoisotopic (exact) mass is 453 g/mol. The largest absolute Gasteiger partial charge is 0.507 e. The average molecular weight is 453 g/mol. The first kappa shape index (κ1) is 23.5. The Bertz CT molecular complexity index is 1120. The van der Waals surface area contributed by atoms with Crippen molar-refractivity contribution in [3.63, 3.8) is 0 Å². The fraction of sp³-hybridized carbons (Fsp3) is 0.261. The van der Waals surface area contributed by atoms with Gasteiger partial charge in [-0.05, 0) is 36.2 Å². The first-order valence-electron chi connectivity index (χ1n) is 10.1. The summed E-state index contributed by atoms with van der Waals surface area (Å²) in [5.74, 6) is -3.22. The molecule has 10 heteroatoms. The van der Waals surface area contributed by atoms with Crippen molar-refractivity contribution in [2.45, 2.75) is 18.9 Å². The molecule has 1 aliphatic heterocycles. The van der Waals surface area contributed by atoms with E-state index in [1.54, 1.807) is 24.3 Å². The second-order valence-corrected chi connectivity index (χ2v) is 7.78. The lowest BCUT2D eigenvalue weighted by atomic mass is 9.95. The van der Waals surface area contributed by atoms with Gasteiger partial charge in [0.2, 0.25) is 0 Å². The molecule has 1 amide bonds. The molecular formula is C23H23N3O7. The van der Waals surface area contributed by atoms with Gasteiger partial charge in [-0.15, -0.1) is 0 Å². The van der Waals surface area contributed by atoms with Crippen LogP contribution < -0.4 is 4.90 Å². The minimum absolute atomic E-state index is 0.00795. The number of nitrogens with zero attached hydrogens (tertiary/aromatic N) is 3. The van der Waals surface area contributed by atoms with E-state index < -0.39 is 34.4 Å². The third kappa shape index (κ3) is 4.84. The van der Waals surface area contributed by atoms with Gasteiger partial charge >= 0.3 is 5.97 Å². The number of carboxylic acids is 1. The second kappa shape index (κ2) is 9.51. The molecule has 1 unspecified atom stereocenters. The van der Waals surface area contributed by atoms with Gasteiger partial charge in [0.25, 0.3) is 17.4 Å². The standard InChI is InChI=1S/C23H23N3O7/c1-24(2)16-9-5-14(6-10-16)20-19(21(29)15-7-11-17(12-8-15)26(32)33)22(30)23(31)25(20)13-3-4-18(27)28/h5-12,20,29H,3-4,13H2,1-2H3,(H,27,28)/b21-19+. The molecule has 1 aliphatic rings. The van der Waals surface area contributed by atoms with Gasteiger partial charge in [0.1, 0.15) is 5.76 Å². The quantitative estimate of drug-likeness (QED) is 0.204. The van der Waals surface area contributed by atoms with Crippen molar-refractivity contribution in [1.82, 2.24) is 4.90 Å². The summed E-state index contributed by atoms with van der Waals surface area (Å²) in [6, 6.07) is 11.1. The van der Waals surface area contributed by atoms with Gasteiger partial charge in [0.05, 0.1) is 16.5 Å². The van der Waals surface area contributed by atoms with E-state index in [1.807, 2.05) is 19.0 Å². The number of ketones is 1. The van der Waals surface area contributed by atoms with Crippen molar-refractivity contribution in [3.05, 3.63) is 75.3 Å². The molecule has 1 saturated heterocycles. The van der Waals surface area contributed by atoms with Crippen molar-refractivity contribution in [2.75, 3.05) is 25.5 Å². The van der Waals surface area contributed by atoms with Crippen LogP contribution in [0.2, 0.25) is 0 Å². The zero-order valence-electron chi connectivity index (χ0n) is 18.1. The van der Waals surface area contributed by atoms with Gasteiger partial charge < -0.3 is 20.0 Å². The molecule has 0 aromatic heterocycles. The number of hydrogen-bond donors (Lipinski definition) is 2. The fourth-order valence-electron chi connectivity index (χ4n) is 3.71. The number of amides is 1. The average Bonchev–Trinajstić information content (AvgIpc) is 3.03. The summed E-state index contributed by atoms with van der Waals surface area (Å²) in [7, 11) is 3.73. The van der Waals surface area contributed by atoms with E-state index in [9.17, 15) is 29.6 Å². The van der Waals surface area contributed by atoms with Crippen molar-refractivity contribution < 1.29 is 29.5 Å². The van der Waals surface area contributed by atoms with Crippen molar-refractivity contribution >= 4 is 34.8 Å². The second-order valence-electron chi connectivity index (χ2n) is 7.78. The molecule has 10 nitrogen and oxygen atoms in total. The highest BCUT2D eigenvalue weighted by molar-refractivity contribution is 6.46. The van der Waals surface area contributed by atoms with Gasteiger partial charge in [-0.25, -0.2) is 0 Å². The number of nitro groups is 1. The van der Waals surface area contributed by atoms with Crippen molar-refractivity contribution in [2.24, 2.45) is 0 Å². The number of carboxylic acid groups (broad SMARTS) is 1. The maximum atomic E-state index is 12.9. The lowest BCUT2D eigenvalue weighted by Gasteiger charge is -2.25. The predicted molar refractivity (Wildman–Crippen MR) is 120 cm³/mol. The molecule has 33 heavy (non-hydrogen) atoms. The third-order valence-electron chi connectivity index (χ3n) is 5.41. The highest BCUT2D eigenvalue weighted by atomic mass is 16.6. The van der Waals surface area contributed by atoms with Crippen molar-refractivity contribution in [1.29, 1.82) is 0 Å². The summed E-state index contributed by atoms with van der Waals surface area (Å²) in [4.78, 5) is 50.1. The number of benzene rings is 2. The summed E-state index contributed by atoms with van der Waals surface area (Å²) in [6.07, 6.45) is -0.0517. The van der Waals surface area contributed by atoms with Crippen LogP contribution in [-0.4, -0.2) is 58.3 Å². The molecule has 172 valence electrons. The van der Waals surface area contributed by atoms with Crippen molar-refractivity contribution in [3.8, 4) is 0 Å². The van der Waals surface area contributed by atoms with Crippen LogP contribution in [0.25, 0.3) is 5.76 Å². The van der Waals surface area contributed by atoms with Gasteiger partial charge in [-0.2, -0.15) is 0 Å². The highest BCUT2D eigenvalue weighted by Gasteiger charge is 2.45. The number of aliphatic hydroxyl groups is 1. The maximum absolute atomic E-state index is 12.9. The molecule has 2 aromatic carbocycles. The van der Waals surface area contributed by atoms with Crippen LogP contribution in [0.15, 0.2) is 54.1 Å². The number of aliphatic carboxylic acids is 1. The van der Waals surface area contributed by atoms with E-state index in [4.69, 9.17) is 5.11 Å². The zero-order chi connectivity index (χ0) is 24.3. The van der Waals surface area contributed by atoms with E-state index in [-0.39, 0.29) is 36.2 Å². The Morgan fingerprint density at radius 3 is 2.18 bits per heavy atom. The number of hydrogen-bond acceptors (Lipinski definition) is 7. The van der Waals surface area contributed by atoms with E-state index >= 15 is 0 Å². The smallest absolute Gasteiger partial charge is 0.303 e. The molecule has 0 aliphatic carbocycles. The molecule has 2 aromatic rings. The summed E-state index contributed by atoms with van der Waals surface area (Å²) in [5.41, 5.74) is 1.27. The number of nitro benzene ring substituents is 1. The first-order valence-corrected chi connectivity index (χ1v) is 10.1. The number of aliphatic hydroxyl groups excluding tert-OH is 1. The highest BCUT2D eigenvalue weighted by Crippen LogP contribution is 2.40. The lowest BCUT2D eigenvalue weighted by molar-refractivity contribution is -0.384. The molecular weight excluding hydrogens is 430 g/mol. The van der Waals surface area contributed by atoms with Crippen LogP contribution in [0.4, 0.5) is 11.4 Å². The number of non-ortho nitro benzene ring substituents is 1. The topological polar surface area (TPSA) is 141 Å². The van der Waals surface area contributed by atoms with E-state index in [0.717, 1.165) is 5.69 Å². The number of carbonyl (C=O) groups is 3. The Balaban J connectivity index is 2.09. The van der Waals surface area contributed by atoms with Gasteiger partial charge in [0.15, 0.2) is 0 Å². The number of carbonyl (C=O) groups excluding carboxylic acids is 2. The Kier molecular flexibility index (Phi) is 6.76. The molecule has 1 fully saturated rings. The van der Waals surface area contributed by atoms with Crippen LogP contribution >= 0.6 is 0 Å². The molecule has 0 bridgehead atoms. The van der Waals surface area contributed by atoms with E-state index in [1.165, 1.54) is 29.2 Å². The number of rotatable bonds is 8. The Morgan fingerprint density at radius 1 is 1.06 bits per heavy atom. The SMILES string of the molecule is CN(C)c1ccc(C2/C(=C(\O)c3ccc([N+](=O)[O-])cc3)C(=O)C(=O)N2CCCC(=O)O)cc1. The zero-order valence-corrected chi connectivity index (χ0v) is 18.1. The minimum Gasteiger partial charge on any atom is -0.507 e. The van der Waals surface area contributed by atoms with Crippen LogP contribution in [0.1, 0.15) is 30.0 Å². The summed E-state index contributed by atoms with van der Waals surface area (Å²) in [5, 5.41) is 30.8. The summed E-state index contributed by atoms with van der Waals surface area (Å²) in [6.45, 7) is 0.00795. The first-order chi connectivity index (χ1) is 15.6. The normalized spacial score (nSPS) is 17.3. The molecule has 2 N–H and O–H groups in total. The molecule has 0 spiro atoms. The third-order valence-corrected chi connectivity index (χ3v) is 5.41. The molecule has 1 atom stereocenters. The van der Waals surface area contributed by atoms with E-state index in [0.29, 0.717) is 5.56 Å². The molecule has 0 radical (unpaired) electrons. The van der Waals surface area contributed by atoms with Gasteiger partial charge in [-0.1, -0.05) is 12.1 Å². The Labute approximate surface area is 189 Å². The molecule has 3 rings (SSSR count). The Morgan fingerprint density at radius 2 is 1.67 bits per heavy atom.